The third-order valence-corrected chi connectivity index (χ3v) is 3.10. The van der Waals surface area contributed by atoms with Crippen LogP contribution in [0.5, 0.6) is 5.88 Å². The molecule has 0 N–H and O–H groups in total. The summed E-state index contributed by atoms with van der Waals surface area (Å²) in [5, 5.41) is 0. The van der Waals surface area contributed by atoms with E-state index in [4.69, 9.17) is 4.74 Å². The average Bonchev–Trinajstić information content (AvgIpc) is 2.16. The van der Waals surface area contributed by atoms with Gasteiger partial charge in [0.05, 0.1) is 6.20 Å². The van der Waals surface area contributed by atoms with E-state index in [0.29, 0.717) is 16.2 Å². The summed E-state index contributed by atoms with van der Waals surface area (Å²) in [7, 11) is 0. The average molecular weight is 314 g/mol. The number of halogens is 1. The molecule has 1 aliphatic rings. The maximum absolute atomic E-state index is 11.8. The van der Waals surface area contributed by atoms with Gasteiger partial charge in [-0.15, -0.1) is 0 Å². The SMILES string of the molecule is CC(C)(C)c1nc(Br)cnc1OC(=O)N1CCC1. The normalized spacial score (nSPS) is 15.2. The van der Waals surface area contributed by atoms with Gasteiger partial charge in [-0.3, -0.25) is 0 Å². The van der Waals surface area contributed by atoms with Crippen molar-refractivity contribution in [1.82, 2.24) is 14.9 Å². The predicted octanol–water partition coefficient (Wildman–Crippen LogP) is 2.74. The van der Waals surface area contributed by atoms with Crippen molar-refractivity contribution < 1.29 is 9.53 Å². The molecule has 2 heterocycles. The third kappa shape index (κ3) is 2.80. The van der Waals surface area contributed by atoms with Crippen LogP contribution in [0, 0.1) is 0 Å². The molecule has 98 valence electrons. The number of hydrogen-bond donors (Lipinski definition) is 0. The molecule has 0 saturated carbocycles. The second-order valence-corrected chi connectivity index (χ2v) is 6.12. The lowest BCUT2D eigenvalue weighted by atomic mass is 9.92. The van der Waals surface area contributed by atoms with Crippen LogP contribution in [0.4, 0.5) is 4.79 Å². The number of amides is 1. The number of aromatic nitrogens is 2. The van der Waals surface area contributed by atoms with E-state index < -0.39 is 0 Å². The molecule has 1 aromatic heterocycles. The fourth-order valence-corrected chi connectivity index (χ4v) is 1.85. The van der Waals surface area contributed by atoms with Crippen LogP contribution < -0.4 is 4.74 Å². The first-order valence-electron chi connectivity index (χ1n) is 5.88. The Balaban J connectivity index is 2.23. The van der Waals surface area contributed by atoms with Crippen molar-refractivity contribution in [1.29, 1.82) is 0 Å². The van der Waals surface area contributed by atoms with E-state index >= 15 is 0 Å². The van der Waals surface area contributed by atoms with Crippen molar-refractivity contribution in [2.24, 2.45) is 0 Å². The van der Waals surface area contributed by atoms with Gasteiger partial charge >= 0.3 is 6.09 Å². The molecular formula is C12H16BrN3O2. The maximum atomic E-state index is 11.8. The van der Waals surface area contributed by atoms with E-state index in [1.807, 2.05) is 20.8 Å². The molecule has 0 unspecified atom stereocenters. The monoisotopic (exact) mass is 313 g/mol. The molecule has 1 fully saturated rings. The van der Waals surface area contributed by atoms with E-state index in [-0.39, 0.29) is 11.5 Å². The number of hydrogen-bond acceptors (Lipinski definition) is 4. The van der Waals surface area contributed by atoms with Gasteiger partial charge in [-0.05, 0) is 22.4 Å². The number of carbonyl (C=O) groups is 1. The van der Waals surface area contributed by atoms with Crippen LogP contribution in [0.15, 0.2) is 10.8 Å². The standard InChI is InChI=1S/C12H16BrN3O2/c1-12(2,3)9-10(14-7-8(13)15-9)18-11(17)16-5-4-6-16/h7H,4-6H2,1-3H3. The Morgan fingerprint density at radius 2 is 2.11 bits per heavy atom. The summed E-state index contributed by atoms with van der Waals surface area (Å²) in [5.74, 6) is 0.294. The van der Waals surface area contributed by atoms with E-state index in [2.05, 4.69) is 25.9 Å². The second-order valence-electron chi connectivity index (χ2n) is 5.31. The number of nitrogens with zero attached hydrogens (tertiary/aromatic N) is 3. The summed E-state index contributed by atoms with van der Waals surface area (Å²) >= 11 is 3.28. The number of ether oxygens (including phenoxy) is 1. The molecule has 1 amide bonds. The van der Waals surface area contributed by atoms with Crippen LogP contribution >= 0.6 is 15.9 Å². The Bertz CT molecular complexity index is 467. The Labute approximate surface area is 115 Å². The van der Waals surface area contributed by atoms with E-state index in [0.717, 1.165) is 19.5 Å². The quantitative estimate of drug-likeness (QED) is 0.800. The smallest absolute Gasteiger partial charge is 0.389 e. The zero-order chi connectivity index (χ0) is 13.3. The van der Waals surface area contributed by atoms with Gasteiger partial charge in [-0.2, -0.15) is 0 Å². The zero-order valence-corrected chi connectivity index (χ0v) is 12.3. The van der Waals surface area contributed by atoms with Crippen LogP contribution in [0.25, 0.3) is 0 Å². The summed E-state index contributed by atoms with van der Waals surface area (Å²) < 4.78 is 5.96. The molecular weight excluding hydrogens is 298 g/mol. The van der Waals surface area contributed by atoms with Crippen LogP contribution in [0.1, 0.15) is 32.9 Å². The lowest BCUT2D eigenvalue weighted by Gasteiger charge is -2.30. The van der Waals surface area contributed by atoms with Gasteiger partial charge in [-0.25, -0.2) is 14.8 Å². The Morgan fingerprint density at radius 3 is 2.61 bits per heavy atom. The first kappa shape index (κ1) is 13.3. The van der Waals surface area contributed by atoms with E-state index in [1.54, 1.807) is 4.90 Å². The molecule has 0 radical (unpaired) electrons. The number of likely N-dealkylation sites (tertiary alicyclic amines) is 1. The van der Waals surface area contributed by atoms with Crippen molar-refractivity contribution in [3.63, 3.8) is 0 Å². The van der Waals surface area contributed by atoms with Gasteiger partial charge in [0.25, 0.3) is 0 Å². The molecule has 0 bridgehead atoms. The topological polar surface area (TPSA) is 55.3 Å². The highest BCUT2D eigenvalue weighted by Gasteiger charge is 2.27. The molecule has 2 rings (SSSR count). The van der Waals surface area contributed by atoms with E-state index in [9.17, 15) is 4.79 Å². The molecule has 1 aliphatic heterocycles. The molecule has 0 spiro atoms. The van der Waals surface area contributed by atoms with Crippen molar-refractivity contribution in [3.05, 3.63) is 16.5 Å². The van der Waals surface area contributed by atoms with Gasteiger partial charge in [0, 0.05) is 18.5 Å². The summed E-state index contributed by atoms with van der Waals surface area (Å²) in [4.78, 5) is 21.9. The fraction of sp³-hybridized carbons (Fsp3) is 0.583. The molecule has 6 heteroatoms. The zero-order valence-electron chi connectivity index (χ0n) is 10.7. The van der Waals surface area contributed by atoms with Gasteiger partial charge in [0.1, 0.15) is 10.3 Å². The number of rotatable bonds is 1. The first-order valence-corrected chi connectivity index (χ1v) is 6.67. The predicted molar refractivity (Wildman–Crippen MR) is 70.6 cm³/mol. The minimum Gasteiger partial charge on any atom is -0.389 e. The molecule has 0 aliphatic carbocycles. The van der Waals surface area contributed by atoms with Crippen LogP contribution in [-0.2, 0) is 5.41 Å². The highest BCUT2D eigenvalue weighted by molar-refractivity contribution is 9.10. The highest BCUT2D eigenvalue weighted by Crippen LogP contribution is 2.29. The third-order valence-electron chi connectivity index (χ3n) is 2.72. The van der Waals surface area contributed by atoms with Crippen LogP contribution in [-0.4, -0.2) is 34.1 Å². The van der Waals surface area contributed by atoms with Gasteiger partial charge < -0.3 is 9.64 Å². The molecule has 0 atom stereocenters. The van der Waals surface area contributed by atoms with Crippen molar-refractivity contribution in [3.8, 4) is 5.88 Å². The summed E-state index contributed by atoms with van der Waals surface area (Å²) in [6, 6.07) is 0. The van der Waals surface area contributed by atoms with Gasteiger partial charge in [-0.1, -0.05) is 20.8 Å². The summed E-state index contributed by atoms with van der Waals surface area (Å²) in [5.41, 5.74) is 0.437. The Morgan fingerprint density at radius 1 is 1.44 bits per heavy atom. The first-order chi connectivity index (χ1) is 8.38. The van der Waals surface area contributed by atoms with Crippen molar-refractivity contribution >= 4 is 22.0 Å². The summed E-state index contributed by atoms with van der Waals surface area (Å²) in [6.45, 7) is 7.53. The lowest BCUT2D eigenvalue weighted by molar-refractivity contribution is 0.122. The largest absolute Gasteiger partial charge is 0.416 e. The molecule has 0 aromatic carbocycles. The maximum Gasteiger partial charge on any atom is 0.416 e. The minimum absolute atomic E-state index is 0.235. The number of carbonyl (C=O) groups excluding carboxylic acids is 1. The molecule has 1 aromatic rings. The van der Waals surface area contributed by atoms with Gasteiger partial charge in [0.2, 0.25) is 5.88 Å². The summed E-state index contributed by atoms with van der Waals surface area (Å²) in [6.07, 6.45) is 2.23. The Kier molecular flexibility index (Phi) is 3.56. The lowest BCUT2D eigenvalue weighted by Crippen LogP contribution is -2.44. The minimum atomic E-state index is -0.344. The van der Waals surface area contributed by atoms with Crippen LogP contribution in [0.2, 0.25) is 0 Å². The van der Waals surface area contributed by atoms with Crippen molar-refractivity contribution in [2.75, 3.05) is 13.1 Å². The molecule has 5 nitrogen and oxygen atoms in total. The van der Waals surface area contributed by atoms with Crippen LogP contribution in [0.3, 0.4) is 0 Å². The van der Waals surface area contributed by atoms with Gasteiger partial charge in [0.15, 0.2) is 0 Å². The highest BCUT2D eigenvalue weighted by atomic mass is 79.9. The molecule has 1 saturated heterocycles. The molecule has 18 heavy (non-hydrogen) atoms. The fourth-order valence-electron chi connectivity index (χ4n) is 1.57. The van der Waals surface area contributed by atoms with Crippen molar-refractivity contribution in [2.45, 2.75) is 32.6 Å². The van der Waals surface area contributed by atoms with E-state index in [1.165, 1.54) is 6.20 Å². The second kappa shape index (κ2) is 4.84. The Hall–Kier alpha value is -1.17.